The number of hydrogen-bond acceptors (Lipinski definition) is 5. The number of Topliss-reactive ketones (excluding diaryl/α,β-unsaturated/α-hetero) is 1. The highest BCUT2D eigenvalue weighted by Crippen LogP contribution is 2.36. The quantitative estimate of drug-likeness (QED) is 0.128. The number of phosphoric ester groups is 1. The van der Waals surface area contributed by atoms with Crippen molar-refractivity contribution in [1.29, 1.82) is 0 Å². The van der Waals surface area contributed by atoms with Crippen LogP contribution in [0.2, 0.25) is 0 Å². The van der Waals surface area contributed by atoms with Gasteiger partial charge < -0.3 is 19.3 Å². The number of carbonyl (C=O) groups excluding carboxylic acids is 2. The van der Waals surface area contributed by atoms with Gasteiger partial charge in [0.05, 0.1) is 6.61 Å². The lowest BCUT2D eigenvalue weighted by Crippen LogP contribution is -2.24. The smallest absolute Gasteiger partial charge is 0.460 e. The van der Waals surface area contributed by atoms with Gasteiger partial charge in [0.15, 0.2) is 0 Å². The topological polar surface area (TPSA) is 110 Å². The minimum atomic E-state index is -4.64. The second-order valence-corrected chi connectivity index (χ2v) is 9.37. The molecule has 0 heterocycles. The normalized spacial score (nSPS) is 12.7. The number of carbonyl (C=O) groups is 2. The van der Waals surface area contributed by atoms with E-state index in [-0.39, 0.29) is 25.0 Å². The molecule has 0 saturated heterocycles. The Balaban J connectivity index is 3.74. The minimum Gasteiger partial charge on any atom is -0.460 e. The van der Waals surface area contributed by atoms with Crippen LogP contribution < -0.4 is 0 Å². The first-order chi connectivity index (χ1) is 14.2. The zero-order valence-corrected chi connectivity index (χ0v) is 19.9. The largest absolute Gasteiger partial charge is 0.469 e. The third-order valence-corrected chi connectivity index (χ3v) is 5.51. The molecule has 178 valence electrons. The average Bonchev–Trinajstić information content (AvgIpc) is 2.66. The fourth-order valence-corrected chi connectivity index (χ4v) is 3.61. The predicted molar refractivity (Wildman–Crippen MR) is 118 cm³/mol. The van der Waals surface area contributed by atoms with Gasteiger partial charge in [0.2, 0.25) is 0 Å². The van der Waals surface area contributed by atoms with Crippen LogP contribution in [-0.2, 0) is 23.4 Å². The highest BCUT2D eigenvalue weighted by Gasteiger charge is 2.21. The molecule has 0 unspecified atom stereocenters. The Hall–Kier alpha value is -0.750. The molecule has 0 aliphatic heterocycles. The Kier molecular flexibility index (Phi) is 18.5. The molecule has 7 nitrogen and oxygen atoms in total. The zero-order valence-electron chi connectivity index (χ0n) is 19.0. The number of unbranched alkanes of at least 4 members (excludes halogenated alkanes) is 12. The summed E-state index contributed by atoms with van der Waals surface area (Å²) in [5, 5.41) is 0. The molecular weight excluding hydrogens is 407 g/mol. The summed E-state index contributed by atoms with van der Waals surface area (Å²) >= 11 is 0. The average molecular weight is 451 g/mol. The van der Waals surface area contributed by atoms with E-state index < -0.39 is 26.5 Å². The molecule has 0 aromatic heterocycles. The molecule has 0 saturated carbocycles. The molecule has 0 amide bonds. The SMILES string of the molecule is CCCCCCCCCCCCCCCC(=O)O[C@@H](CCC(C)=O)COP(=O)(O)O. The van der Waals surface area contributed by atoms with Crippen molar-refractivity contribution < 1.29 is 33.2 Å². The molecule has 0 aliphatic carbocycles. The number of phosphoric acid groups is 1. The molecule has 0 radical (unpaired) electrons. The summed E-state index contributed by atoms with van der Waals surface area (Å²) in [4.78, 5) is 40.7. The first-order valence-electron chi connectivity index (χ1n) is 11.6. The maximum atomic E-state index is 12.0. The van der Waals surface area contributed by atoms with Gasteiger partial charge in [-0.3, -0.25) is 9.32 Å². The maximum Gasteiger partial charge on any atom is 0.469 e. The van der Waals surface area contributed by atoms with Crippen LogP contribution in [0, 0.1) is 0 Å². The van der Waals surface area contributed by atoms with Gasteiger partial charge in [-0.25, -0.2) is 4.57 Å². The van der Waals surface area contributed by atoms with E-state index in [4.69, 9.17) is 14.5 Å². The van der Waals surface area contributed by atoms with Crippen LogP contribution >= 0.6 is 7.82 Å². The van der Waals surface area contributed by atoms with Crippen molar-refractivity contribution in [3.63, 3.8) is 0 Å². The Morgan fingerprint density at radius 2 is 1.27 bits per heavy atom. The van der Waals surface area contributed by atoms with Crippen molar-refractivity contribution in [3.8, 4) is 0 Å². The fourth-order valence-electron chi connectivity index (χ4n) is 3.25. The highest BCUT2D eigenvalue weighted by molar-refractivity contribution is 7.46. The molecule has 2 N–H and O–H groups in total. The Labute approximate surface area is 182 Å². The van der Waals surface area contributed by atoms with Crippen LogP contribution in [0.4, 0.5) is 0 Å². The predicted octanol–water partition coefficient (Wildman–Crippen LogP) is 5.86. The van der Waals surface area contributed by atoms with E-state index >= 15 is 0 Å². The van der Waals surface area contributed by atoms with Crippen molar-refractivity contribution in [3.05, 3.63) is 0 Å². The summed E-state index contributed by atoms with van der Waals surface area (Å²) in [7, 11) is -4.64. The van der Waals surface area contributed by atoms with Gasteiger partial charge in [0.1, 0.15) is 11.9 Å². The van der Waals surface area contributed by atoms with E-state index in [9.17, 15) is 14.2 Å². The minimum absolute atomic E-state index is 0.0799. The van der Waals surface area contributed by atoms with Gasteiger partial charge in [-0.05, 0) is 19.8 Å². The lowest BCUT2D eigenvalue weighted by atomic mass is 10.0. The molecule has 8 heteroatoms. The van der Waals surface area contributed by atoms with E-state index in [1.807, 2.05) is 0 Å². The van der Waals surface area contributed by atoms with Crippen molar-refractivity contribution in [2.45, 2.75) is 123 Å². The summed E-state index contributed by atoms with van der Waals surface area (Å²) in [6.45, 7) is 3.24. The molecule has 0 aromatic rings. The van der Waals surface area contributed by atoms with E-state index in [0.717, 1.165) is 19.3 Å². The maximum absolute atomic E-state index is 12.0. The van der Waals surface area contributed by atoms with Crippen LogP contribution in [0.25, 0.3) is 0 Å². The number of ether oxygens (including phenoxy) is 1. The Morgan fingerprint density at radius 1 is 0.800 bits per heavy atom. The van der Waals surface area contributed by atoms with Crippen molar-refractivity contribution >= 4 is 19.6 Å². The molecule has 0 bridgehead atoms. The number of hydrogen-bond donors (Lipinski definition) is 2. The van der Waals surface area contributed by atoms with Gasteiger partial charge >= 0.3 is 13.8 Å². The van der Waals surface area contributed by atoms with Crippen LogP contribution in [0.15, 0.2) is 0 Å². The van der Waals surface area contributed by atoms with Gasteiger partial charge in [-0.1, -0.05) is 84.0 Å². The van der Waals surface area contributed by atoms with E-state index in [2.05, 4.69) is 11.4 Å². The second kappa shape index (κ2) is 19.0. The lowest BCUT2D eigenvalue weighted by Gasteiger charge is -2.18. The van der Waals surface area contributed by atoms with Gasteiger partial charge in [-0.15, -0.1) is 0 Å². The lowest BCUT2D eigenvalue weighted by molar-refractivity contribution is -0.151. The summed E-state index contributed by atoms with van der Waals surface area (Å²) in [5.41, 5.74) is 0. The van der Waals surface area contributed by atoms with Gasteiger partial charge in [-0.2, -0.15) is 0 Å². The molecule has 1 atom stereocenters. The van der Waals surface area contributed by atoms with Crippen LogP contribution in [0.3, 0.4) is 0 Å². The summed E-state index contributed by atoms with van der Waals surface area (Å²) < 4.78 is 20.5. The monoisotopic (exact) mass is 450 g/mol. The number of rotatable bonds is 21. The third-order valence-electron chi connectivity index (χ3n) is 5.03. The zero-order chi connectivity index (χ0) is 22.7. The molecule has 0 rings (SSSR count). The second-order valence-electron chi connectivity index (χ2n) is 8.13. The number of esters is 1. The molecule has 0 aliphatic rings. The molecule has 30 heavy (non-hydrogen) atoms. The molecule has 0 spiro atoms. The third kappa shape index (κ3) is 21.9. The van der Waals surface area contributed by atoms with Crippen LogP contribution in [0.5, 0.6) is 0 Å². The van der Waals surface area contributed by atoms with Crippen LogP contribution in [0.1, 0.15) is 117 Å². The van der Waals surface area contributed by atoms with Crippen molar-refractivity contribution in [2.75, 3.05) is 6.61 Å². The van der Waals surface area contributed by atoms with E-state index in [0.29, 0.717) is 0 Å². The van der Waals surface area contributed by atoms with Crippen molar-refractivity contribution in [2.24, 2.45) is 0 Å². The Morgan fingerprint density at radius 3 is 1.70 bits per heavy atom. The fraction of sp³-hybridized carbons (Fsp3) is 0.909. The molecule has 0 aromatic carbocycles. The first kappa shape index (κ1) is 29.2. The molecule has 0 fully saturated rings. The summed E-state index contributed by atoms with van der Waals surface area (Å²) in [6.07, 6.45) is 15.7. The van der Waals surface area contributed by atoms with Crippen LogP contribution in [-0.4, -0.2) is 34.3 Å². The molecular formula is C22H43O7P. The Bertz CT molecular complexity index is 490. The highest BCUT2D eigenvalue weighted by atomic mass is 31.2. The van der Waals surface area contributed by atoms with Gasteiger partial charge in [0.25, 0.3) is 0 Å². The van der Waals surface area contributed by atoms with Gasteiger partial charge in [0, 0.05) is 12.8 Å². The number of ketones is 1. The van der Waals surface area contributed by atoms with E-state index in [1.54, 1.807) is 0 Å². The van der Waals surface area contributed by atoms with Crippen molar-refractivity contribution in [1.82, 2.24) is 0 Å². The summed E-state index contributed by atoms with van der Waals surface area (Å²) in [6, 6.07) is 0. The first-order valence-corrected chi connectivity index (χ1v) is 13.2. The van der Waals surface area contributed by atoms with E-state index in [1.165, 1.54) is 71.1 Å². The summed E-state index contributed by atoms with van der Waals surface area (Å²) in [5.74, 6) is -0.496. The standard InChI is InChI=1S/C22H43O7P/c1-3-4-5-6-7-8-9-10-11-12-13-14-15-16-22(24)29-21(18-17-20(2)23)19-28-30(25,26)27/h21H,3-19H2,1-2H3,(H2,25,26,27)/t21-/m0/s1.